The van der Waals surface area contributed by atoms with Crippen molar-refractivity contribution in [1.29, 1.82) is 0 Å². The zero-order chi connectivity index (χ0) is 15.9. The predicted octanol–water partition coefficient (Wildman–Crippen LogP) is 0.775. The van der Waals surface area contributed by atoms with E-state index in [0.29, 0.717) is 23.9 Å². The van der Waals surface area contributed by atoms with Gasteiger partial charge in [0.25, 0.3) is 0 Å². The third kappa shape index (κ3) is 2.57. The largest absolute Gasteiger partial charge is 0.391 e. The van der Waals surface area contributed by atoms with Crippen molar-refractivity contribution in [1.82, 2.24) is 25.2 Å². The summed E-state index contributed by atoms with van der Waals surface area (Å²) >= 11 is 0. The molecule has 1 saturated heterocycles. The molecular weight excluding hydrogens is 278 g/mol. The lowest BCUT2D eigenvalue weighted by Crippen LogP contribution is -2.65. The third-order valence-electron chi connectivity index (χ3n) is 5.64. The van der Waals surface area contributed by atoms with E-state index >= 15 is 0 Å². The Morgan fingerprint density at radius 3 is 2.82 bits per heavy atom. The highest BCUT2D eigenvalue weighted by Crippen LogP contribution is 2.52. The molecule has 4 atom stereocenters. The van der Waals surface area contributed by atoms with E-state index in [-0.39, 0.29) is 12.1 Å². The van der Waals surface area contributed by atoms with Gasteiger partial charge in [-0.15, -0.1) is 5.10 Å². The molecule has 0 bridgehead atoms. The van der Waals surface area contributed by atoms with Crippen LogP contribution in [0.4, 0.5) is 0 Å². The van der Waals surface area contributed by atoms with Crippen molar-refractivity contribution in [2.45, 2.75) is 58.3 Å². The molecule has 6 nitrogen and oxygen atoms in total. The van der Waals surface area contributed by atoms with E-state index < -0.39 is 0 Å². The number of aliphatic hydroxyl groups excluding tert-OH is 1. The summed E-state index contributed by atoms with van der Waals surface area (Å²) in [7, 11) is 1.90. The first kappa shape index (κ1) is 15.9. The fourth-order valence-electron chi connectivity index (χ4n) is 4.81. The smallest absolute Gasteiger partial charge is 0.0738 e. The maximum absolute atomic E-state index is 10.5. The van der Waals surface area contributed by atoms with E-state index in [1.165, 1.54) is 0 Å². The summed E-state index contributed by atoms with van der Waals surface area (Å²) in [5.74, 6) is 0.640. The standard InChI is InChI=1S/C16H29N5O/c1-5-21-10-16(15(21)11(2)3)6-13(14(22)7-16)17-8-12-9-18-19-20(12)4/h9,11,13-15,17,22H,5-8,10H2,1-4H3/t13-,14-,15?,16?/m1/s1. The number of hydrogen-bond acceptors (Lipinski definition) is 5. The molecule has 0 aromatic carbocycles. The number of rotatable bonds is 5. The minimum Gasteiger partial charge on any atom is -0.391 e. The van der Waals surface area contributed by atoms with E-state index in [4.69, 9.17) is 0 Å². The number of aryl methyl sites for hydroxylation is 1. The van der Waals surface area contributed by atoms with Crippen molar-refractivity contribution < 1.29 is 5.11 Å². The second-order valence-electron chi connectivity index (χ2n) is 7.43. The van der Waals surface area contributed by atoms with Gasteiger partial charge in [0.05, 0.1) is 18.0 Å². The Balaban J connectivity index is 1.63. The fraction of sp³-hybridized carbons (Fsp3) is 0.875. The molecule has 2 fully saturated rings. The second kappa shape index (κ2) is 5.91. The van der Waals surface area contributed by atoms with Crippen molar-refractivity contribution in [2.75, 3.05) is 13.1 Å². The average molecular weight is 307 g/mol. The molecule has 2 heterocycles. The van der Waals surface area contributed by atoms with Crippen LogP contribution < -0.4 is 5.32 Å². The molecule has 0 amide bonds. The van der Waals surface area contributed by atoms with E-state index in [0.717, 1.165) is 31.6 Å². The topological polar surface area (TPSA) is 66.2 Å². The van der Waals surface area contributed by atoms with Crippen LogP contribution in [0.2, 0.25) is 0 Å². The van der Waals surface area contributed by atoms with Gasteiger partial charge in [0, 0.05) is 37.6 Å². The Kier molecular flexibility index (Phi) is 4.27. The minimum absolute atomic E-state index is 0.176. The van der Waals surface area contributed by atoms with Gasteiger partial charge < -0.3 is 10.4 Å². The molecule has 3 rings (SSSR count). The Morgan fingerprint density at radius 2 is 2.23 bits per heavy atom. The van der Waals surface area contributed by atoms with E-state index in [9.17, 15) is 5.11 Å². The fourth-order valence-corrected chi connectivity index (χ4v) is 4.81. The summed E-state index contributed by atoms with van der Waals surface area (Å²) in [5.41, 5.74) is 1.35. The van der Waals surface area contributed by atoms with Crippen LogP contribution in [-0.4, -0.2) is 56.3 Å². The molecule has 1 spiro atoms. The average Bonchev–Trinajstić information content (AvgIpc) is 2.98. The first-order valence-electron chi connectivity index (χ1n) is 8.46. The van der Waals surface area contributed by atoms with Gasteiger partial charge in [-0.05, 0) is 25.3 Å². The number of nitrogens with one attached hydrogen (secondary N) is 1. The number of hydrogen-bond donors (Lipinski definition) is 2. The monoisotopic (exact) mass is 307 g/mol. The lowest BCUT2D eigenvalue weighted by molar-refractivity contribution is -0.0964. The van der Waals surface area contributed by atoms with Gasteiger partial charge in [-0.25, -0.2) is 0 Å². The van der Waals surface area contributed by atoms with Crippen LogP contribution in [-0.2, 0) is 13.6 Å². The summed E-state index contributed by atoms with van der Waals surface area (Å²) in [4.78, 5) is 2.56. The molecule has 2 N–H and O–H groups in total. The van der Waals surface area contributed by atoms with Gasteiger partial charge in [0.15, 0.2) is 0 Å². The van der Waals surface area contributed by atoms with Crippen LogP contribution in [0.15, 0.2) is 6.20 Å². The van der Waals surface area contributed by atoms with E-state index in [1.54, 1.807) is 10.9 Å². The lowest BCUT2D eigenvalue weighted by atomic mass is 9.65. The number of nitrogens with zero attached hydrogens (tertiary/aromatic N) is 4. The molecule has 1 aromatic heterocycles. The molecule has 1 saturated carbocycles. The van der Waals surface area contributed by atoms with Gasteiger partial charge in [-0.1, -0.05) is 26.0 Å². The van der Waals surface area contributed by atoms with Crippen molar-refractivity contribution in [3.8, 4) is 0 Å². The van der Waals surface area contributed by atoms with Crippen LogP contribution in [0.1, 0.15) is 39.3 Å². The molecular formula is C16H29N5O. The summed E-state index contributed by atoms with van der Waals surface area (Å²) in [6.45, 7) is 9.81. The van der Waals surface area contributed by atoms with Crippen LogP contribution in [0.5, 0.6) is 0 Å². The molecule has 2 aliphatic rings. The van der Waals surface area contributed by atoms with Gasteiger partial charge >= 0.3 is 0 Å². The molecule has 124 valence electrons. The van der Waals surface area contributed by atoms with Crippen LogP contribution in [0.25, 0.3) is 0 Å². The van der Waals surface area contributed by atoms with Gasteiger partial charge in [0.2, 0.25) is 0 Å². The molecule has 6 heteroatoms. The summed E-state index contributed by atoms with van der Waals surface area (Å²) < 4.78 is 1.78. The lowest BCUT2D eigenvalue weighted by Gasteiger charge is -2.58. The third-order valence-corrected chi connectivity index (χ3v) is 5.64. The molecule has 22 heavy (non-hydrogen) atoms. The molecule has 0 radical (unpaired) electrons. The minimum atomic E-state index is -0.249. The summed E-state index contributed by atoms with van der Waals surface area (Å²) in [6.07, 6.45) is 3.52. The van der Waals surface area contributed by atoms with E-state index in [2.05, 4.69) is 41.3 Å². The quantitative estimate of drug-likeness (QED) is 0.841. The molecule has 1 aliphatic carbocycles. The summed E-state index contributed by atoms with van der Waals surface area (Å²) in [5, 5.41) is 21.9. The van der Waals surface area contributed by atoms with Crippen LogP contribution in [0, 0.1) is 11.3 Å². The highest BCUT2D eigenvalue weighted by Gasteiger charge is 2.58. The highest BCUT2D eigenvalue weighted by atomic mass is 16.3. The SMILES string of the molecule is CCN1CC2(C[C@@H](O)[C@H](NCc3cnnn3C)C2)C1C(C)C. The number of aromatic nitrogens is 3. The van der Waals surface area contributed by atoms with Crippen molar-refractivity contribution in [3.63, 3.8) is 0 Å². The first-order chi connectivity index (χ1) is 10.5. The Labute approximate surface area is 132 Å². The molecule has 2 unspecified atom stereocenters. The number of aliphatic hydroxyl groups is 1. The zero-order valence-corrected chi connectivity index (χ0v) is 14.2. The maximum atomic E-state index is 10.5. The normalized spacial score (nSPS) is 35.5. The Hall–Kier alpha value is -0.980. The number of likely N-dealkylation sites (tertiary alicyclic amines) is 1. The van der Waals surface area contributed by atoms with Gasteiger partial charge in [-0.2, -0.15) is 0 Å². The van der Waals surface area contributed by atoms with E-state index in [1.807, 2.05) is 7.05 Å². The highest BCUT2D eigenvalue weighted by molar-refractivity contribution is 5.12. The van der Waals surface area contributed by atoms with Gasteiger partial charge in [-0.3, -0.25) is 9.58 Å². The zero-order valence-electron chi connectivity index (χ0n) is 14.2. The van der Waals surface area contributed by atoms with Crippen molar-refractivity contribution in [3.05, 3.63) is 11.9 Å². The van der Waals surface area contributed by atoms with Crippen LogP contribution in [0.3, 0.4) is 0 Å². The predicted molar refractivity (Wildman–Crippen MR) is 85.2 cm³/mol. The van der Waals surface area contributed by atoms with Crippen molar-refractivity contribution >= 4 is 0 Å². The van der Waals surface area contributed by atoms with Crippen LogP contribution >= 0.6 is 0 Å². The molecule has 1 aromatic rings. The first-order valence-corrected chi connectivity index (χ1v) is 8.46. The molecule has 1 aliphatic heterocycles. The van der Waals surface area contributed by atoms with Crippen molar-refractivity contribution in [2.24, 2.45) is 18.4 Å². The Morgan fingerprint density at radius 1 is 1.45 bits per heavy atom. The second-order valence-corrected chi connectivity index (χ2v) is 7.43. The van der Waals surface area contributed by atoms with Gasteiger partial charge in [0.1, 0.15) is 0 Å². The maximum Gasteiger partial charge on any atom is 0.0738 e. The summed E-state index contributed by atoms with van der Waals surface area (Å²) in [6, 6.07) is 0.785. The Bertz CT molecular complexity index is 516.